The molecule has 2 heterocycles. The van der Waals surface area contributed by atoms with Gasteiger partial charge in [0.25, 0.3) is 0 Å². The van der Waals surface area contributed by atoms with E-state index in [9.17, 15) is 0 Å². The van der Waals surface area contributed by atoms with Crippen LogP contribution in [0.2, 0.25) is 0 Å². The third-order valence-electron chi connectivity index (χ3n) is 12.0. The van der Waals surface area contributed by atoms with E-state index >= 15 is 0 Å². The third kappa shape index (κ3) is 5.94. The van der Waals surface area contributed by atoms with Crippen molar-refractivity contribution in [2.45, 2.75) is 29.1 Å². The number of nitrogens with zero attached hydrogens (tertiary/aromatic N) is 1. The maximum atomic E-state index is 4.35. The highest BCUT2D eigenvalue weighted by molar-refractivity contribution is 7.99. The average Bonchev–Trinajstić information content (AvgIpc) is 3.78. The quantitative estimate of drug-likeness (QED) is 0.158. The van der Waals surface area contributed by atoms with Crippen LogP contribution in [0.3, 0.4) is 0 Å². The Balaban J connectivity index is 0.000000143. The molecule has 0 saturated carbocycles. The van der Waals surface area contributed by atoms with E-state index in [1.54, 1.807) is 0 Å². The zero-order chi connectivity index (χ0) is 40.1. The van der Waals surface area contributed by atoms with Crippen LogP contribution in [0.5, 0.6) is 0 Å². The van der Waals surface area contributed by atoms with Crippen molar-refractivity contribution in [1.29, 1.82) is 0 Å². The Hall–Kier alpha value is -6.87. The normalized spacial score (nSPS) is 13.2. The van der Waals surface area contributed by atoms with Crippen LogP contribution in [-0.2, 0) is 5.41 Å². The van der Waals surface area contributed by atoms with Gasteiger partial charge in [0.05, 0.1) is 16.4 Å². The van der Waals surface area contributed by atoms with Crippen molar-refractivity contribution in [3.05, 3.63) is 252 Å². The summed E-state index contributed by atoms with van der Waals surface area (Å²) in [5.41, 5.74) is 18.5. The van der Waals surface area contributed by atoms with Gasteiger partial charge in [0.1, 0.15) is 0 Å². The van der Waals surface area contributed by atoms with Crippen molar-refractivity contribution in [3.63, 3.8) is 0 Å². The SMILES string of the molecule is C=C(/C=C(\C)c1ccc(-n2c3ccccc3c3ccccc32)cc1)c1ccccc1.C=C(C)c1cccc2c1C1(c3ccccc3Sc3ccccc31)c1ccccc1-2. The minimum absolute atomic E-state index is 0.306. The molecular weight excluding hydrogens is 731 g/mol. The molecule has 1 aliphatic carbocycles. The fourth-order valence-corrected chi connectivity index (χ4v) is 10.6. The van der Waals surface area contributed by atoms with E-state index in [1.807, 2.05) is 30.0 Å². The molecule has 282 valence electrons. The van der Waals surface area contributed by atoms with Crippen molar-refractivity contribution in [2.75, 3.05) is 0 Å². The van der Waals surface area contributed by atoms with Crippen LogP contribution in [0.15, 0.2) is 223 Å². The largest absolute Gasteiger partial charge is 0.309 e. The lowest BCUT2D eigenvalue weighted by Gasteiger charge is -2.40. The number of hydrogen-bond acceptors (Lipinski definition) is 1. The Bertz CT molecular complexity index is 3020. The molecule has 1 nitrogen and oxygen atoms in total. The Morgan fingerprint density at radius 1 is 0.492 bits per heavy atom. The van der Waals surface area contributed by atoms with Crippen molar-refractivity contribution < 1.29 is 0 Å². The van der Waals surface area contributed by atoms with Gasteiger partial charge in [-0.3, -0.25) is 0 Å². The molecule has 9 aromatic rings. The zero-order valence-corrected chi connectivity index (χ0v) is 34.1. The summed E-state index contributed by atoms with van der Waals surface area (Å²) in [7, 11) is 0. The number of hydrogen-bond donors (Lipinski definition) is 0. The molecular formula is C57H43NS. The molecule has 0 saturated heterocycles. The Morgan fingerprint density at radius 2 is 1.02 bits per heavy atom. The van der Waals surface area contributed by atoms with Crippen LogP contribution in [0, 0.1) is 0 Å². The molecule has 0 amide bonds. The van der Waals surface area contributed by atoms with Crippen LogP contribution in [0.25, 0.3) is 55.3 Å². The van der Waals surface area contributed by atoms with Gasteiger partial charge in [0.15, 0.2) is 0 Å². The Kier molecular flexibility index (Phi) is 9.16. The maximum Gasteiger partial charge on any atom is 0.0741 e. The molecule has 1 spiro atoms. The van der Waals surface area contributed by atoms with Gasteiger partial charge in [-0.05, 0) is 111 Å². The third-order valence-corrected chi connectivity index (χ3v) is 13.2. The summed E-state index contributed by atoms with van der Waals surface area (Å²) in [5, 5.41) is 2.57. The van der Waals surface area contributed by atoms with Gasteiger partial charge in [-0.2, -0.15) is 0 Å². The molecule has 59 heavy (non-hydrogen) atoms. The summed E-state index contributed by atoms with van der Waals surface area (Å²) in [6.45, 7) is 12.9. The molecule has 0 N–H and O–H groups in total. The van der Waals surface area contributed by atoms with Gasteiger partial charge in [0.2, 0.25) is 0 Å². The monoisotopic (exact) mass is 773 g/mol. The number of rotatable bonds is 5. The summed E-state index contributed by atoms with van der Waals surface area (Å²) in [4.78, 5) is 2.68. The lowest BCUT2D eigenvalue weighted by atomic mass is 9.66. The summed E-state index contributed by atoms with van der Waals surface area (Å²) in [5.74, 6) is 0. The molecule has 2 heteroatoms. The molecule has 0 radical (unpaired) electrons. The fourth-order valence-electron chi connectivity index (χ4n) is 9.42. The zero-order valence-electron chi connectivity index (χ0n) is 33.3. The predicted octanol–water partition coefficient (Wildman–Crippen LogP) is 15.4. The van der Waals surface area contributed by atoms with E-state index in [0.717, 1.165) is 16.7 Å². The maximum absolute atomic E-state index is 4.35. The molecule has 0 fully saturated rings. The van der Waals surface area contributed by atoms with Crippen LogP contribution < -0.4 is 0 Å². The second-order valence-corrected chi connectivity index (χ2v) is 16.6. The Morgan fingerprint density at radius 3 is 1.64 bits per heavy atom. The minimum atomic E-state index is -0.306. The fraction of sp³-hybridized carbons (Fsp3) is 0.0526. The lowest BCUT2D eigenvalue weighted by molar-refractivity contribution is 0.720. The number of benzene rings is 8. The second kappa shape index (κ2) is 14.8. The van der Waals surface area contributed by atoms with Crippen molar-refractivity contribution in [2.24, 2.45) is 0 Å². The number of allylic oxidation sites excluding steroid dienone is 4. The second-order valence-electron chi connectivity index (χ2n) is 15.5. The molecule has 1 aliphatic heterocycles. The van der Waals surface area contributed by atoms with Crippen LogP contribution in [-0.4, -0.2) is 4.57 Å². The summed E-state index contributed by atoms with van der Waals surface area (Å²) < 4.78 is 2.34. The highest BCUT2D eigenvalue weighted by Crippen LogP contribution is 2.63. The van der Waals surface area contributed by atoms with E-state index in [4.69, 9.17) is 0 Å². The lowest BCUT2D eigenvalue weighted by Crippen LogP contribution is -2.32. The minimum Gasteiger partial charge on any atom is -0.309 e. The molecule has 11 rings (SSSR count). The van der Waals surface area contributed by atoms with E-state index in [0.29, 0.717) is 0 Å². The van der Waals surface area contributed by atoms with Crippen molar-refractivity contribution >= 4 is 50.3 Å². The first-order valence-corrected chi connectivity index (χ1v) is 21.0. The smallest absolute Gasteiger partial charge is 0.0741 e. The van der Waals surface area contributed by atoms with Crippen molar-refractivity contribution in [1.82, 2.24) is 4.57 Å². The first-order valence-electron chi connectivity index (χ1n) is 20.2. The van der Waals surface area contributed by atoms with E-state index in [1.165, 1.54) is 87.4 Å². The molecule has 2 aliphatic rings. The van der Waals surface area contributed by atoms with Gasteiger partial charge >= 0.3 is 0 Å². The Labute approximate surface area is 351 Å². The highest BCUT2D eigenvalue weighted by atomic mass is 32.2. The van der Waals surface area contributed by atoms with Crippen LogP contribution in [0.4, 0.5) is 0 Å². The van der Waals surface area contributed by atoms with Gasteiger partial charge in [-0.15, -0.1) is 0 Å². The number of para-hydroxylation sites is 2. The predicted molar refractivity (Wildman–Crippen MR) is 252 cm³/mol. The molecule has 0 unspecified atom stereocenters. The first kappa shape index (κ1) is 36.5. The van der Waals surface area contributed by atoms with E-state index in [-0.39, 0.29) is 5.41 Å². The topological polar surface area (TPSA) is 4.93 Å². The van der Waals surface area contributed by atoms with E-state index < -0.39 is 0 Å². The number of fused-ring (bicyclic) bond motifs is 12. The molecule has 8 aromatic carbocycles. The van der Waals surface area contributed by atoms with Gasteiger partial charge in [-0.1, -0.05) is 194 Å². The van der Waals surface area contributed by atoms with Crippen molar-refractivity contribution in [3.8, 4) is 16.8 Å². The van der Waals surface area contributed by atoms with E-state index in [2.05, 4.69) is 214 Å². The summed E-state index contributed by atoms with van der Waals surface area (Å²) in [6, 6.07) is 69.8. The average molecular weight is 774 g/mol. The molecule has 0 bridgehead atoms. The van der Waals surface area contributed by atoms with Gasteiger partial charge in [-0.25, -0.2) is 0 Å². The van der Waals surface area contributed by atoms with Crippen LogP contribution in [0.1, 0.15) is 52.8 Å². The van der Waals surface area contributed by atoms with Crippen LogP contribution >= 0.6 is 11.8 Å². The highest BCUT2D eigenvalue weighted by Gasteiger charge is 2.51. The number of aromatic nitrogens is 1. The van der Waals surface area contributed by atoms with Gasteiger partial charge < -0.3 is 4.57 Å². The first-order chi connectivity index (χ1) is 28.9. The molecule has 0 atom stereocenters. The summed E-state index contributed by atoms with van der Waals surface area (Å²) >= 11 is 1.88. The summed E-state index contributed by atoms with van der Waals surface area (Å²) in [6.07, 6.45) is 2.16. The standard InChI is InChI=1S/C29H23N.C28H20S/c1-21(23-10-4-3-5-11-23)20-22(2)24-16-18-25(19-17-24)30-28-14-8-6-12-26(28)27-13-7-9-15-29(27)30;1-18(2)19-11-9-12-21-20-10-3-4-13-22(20)28(27(19)21)23-14-5-7-16-25(23)29-26-17-8-6-15-24(26)28/h3-20H,1H2,2H3;3-17H,1H2,2H3/b22-20+;. The molecule has 1 aromatic heterocycles. The van der Waals surface area contributed by atoms with Gasteiger partial charge in [0, 0.05) is 26.3 Å².